The maximum absolute atomic E-state index is 11.9. The first kappa shape index (κ1) is 15.3. The Bertz CT molecular complexity index is 628. The molecule has 2 heteroatoms. The number of carbonyl (C=O) groups excluding carboxylic acids is 1. The average Bonchev–Trinajstić information content (AvgIpc) is 2.45. The Morgan fingerprint density at radius 3 is 2.38 bits per heavy atom. The second kappa shape index (κ2) is 6.57. The molecule has 0 aliphatic heterocycles. The molecule has 2 aromatic rings. The lowest BCUT2D eigenvalue weighted by atomic mass is 9.94. The zero-order valence-electron chi connectivity index (χ0n) is 13.1. The largest absolute Gasteiger partial charge is 0.488 e. The van der Waals surface area contributed by atoms with Crippen molar-refractivity contribution < 1.29 is 9.53 Å². The molecule has 110 valence electrons. The van der Waals surface area contributed by atoms with Gasteiger partial charge in [-0.15, -0.1) is 0 Å². The van der Waals surface area contributed by atoms with Crippen LogP contribution in [0.2, 0.25) is 0 Å². The lowest BCUT2D eigenvalue weighted by molar-refractivity contribution is 0.101. The molecule has 0 bridgehead atoms. The summed E-state index contributed by atoms with van der Waals surface area (Å²) in [5.41, 5.74) is 4.13. The van der Waals surface area contributed by atoms with Gasteiger partial charge in [0.15, 0.2) is 5.78 Å². The zero-order valence-corrected chi connectivity index (χ0v) is 13.1. The monoisotopic (exact) mass is 282 g/mol. The fraction of sp³-hybridized carbons (Fsp3) is 0.316. The highest BCUT2D eigenvalue weighted by molar-refractivity contribution is 5.97. The Hall–Kier alpha value is -2.09. The number of rotatable bonds is 5. The van der Waals surface area contributed by atoms with Crippen LogP contribution in [0.25, 0.3) is 0 Å². The molecule has 0 unspecified atom stereocenters. The van der Waals surface area contributed by atoms with E-state index in [2.05, 4.69) is 20.8 Å². The van der Waals surface area contributed by atoms with Crippen molar-refractivity contribution >= 4 is 5.78 Å². The van der Waals surface area contributed by atoms with Gasteiger partial charge in [-0.3, -0.25) is 4.79 Å². The van der Waals surface area contributed by atoms with Crippen molar-refractivity contribution in [1.82, 2.24) is 0 Å². The van der Waals surface area contributed by atoms with E-state index in [1.807, 2.05) is 42.5 Å². The predicted octanol–water partition coefficient (Wildman–Crippen LogP) is 4.90. The van der Waals surface area contributed by atoms with Crippen LogP contribution in [0, 0.1) is 6.92 Å². The minimum Gasteiger partial charge on any atom is -0.488 e. The molecule has 0 spiro atoms. The fourth-order valence-corrected chi connectivity index (χ4v) is 2.45. The highest BCUT2D eigenvalue weighted by atomic mass is 16.5. The summed E-state index contributed by atoms with van der Waals surface area (Å²) in [6.45, 7) is 8.40. The fourth-order valence-electron chi connectivity index (χ4n) is 2.45. The number of hydrogen-bond acceptors (Lipinski definition) is 2. The smallest absolute Gasteiger partial charge is 0.163 e. The molecule has 0 heterocycles. The van der Waals surface area contributed by atoms with Crippen LogP contribution in [-0.2, 0) is 6.61 Å². The van der Waals surface area contributed by atoms with Gasteiger partial charge in [0.05, 0.1) is 5.56 Å². The highest BCUT2D eigenvalue weighted by Crippen LogP contribution is 2.29. The quantitative estimate of drug-likeness (QED) is 0.729. The van der Waals surface area contributed by atoms with Crippen molar-refractivity contribution in [3.63, 3.8) is 0 Å². The van der Waals surface area contributed by atoms with E-state index in [4.69, 9.17) is 4.74 Å². The van der Waals surface area contributed by atoms with Crippen LogP contribution in [0.4, 0.5) is 0 Å². The first-order chi connectivity index (χ1) is 9.99. The minimum absolute atomic E-state index is 0.0416. The molecule has 0 aromatic heterocycles. The third-order valence-corrected chi connectivity index (χ3v) is 3.61. The zero-order chi connectivity index (χ0) is 15.4. The molecule has 0 radical (unpaired) electrons. The molecular formula is C19H22O2. The van der Waals surface area contributed by atoms with Crippen molar-refractivity contribution in [2.75, 3.05) is 0 Å². The van der Waals surface area contributed by atoms with Crippen molar-refractivity contribution in [3.05, 3.63) is 64.7 Å². The van der Waals surface area contributed by atoms with E-state index >= 15 is 0 Å². The van der Waals surface area contributed by atoms with E-state index in [1.54, 1.807) is 6.92 Å². The summed E-state index contributed by atoms with van der Waals surface area (Å²) in [6.07, 6.45) is 0. The number of hydrogen-bond donors (Lipinski definition) is 0. The predicted molar refractivity (Wildman–Crippen MR) is 86.0 cm³/mol. The average molecular weight is 282 g/mol. The summed E-state index contributed by atoms with van der Waals surface area (Å²) in [5.74, 6) is 1.11. The lowest BCUT2D eigenvalue weighted by Crippen LogP contribution is -2.05. The van der Waals surface area contributed by atoms with Crippen LogP contribution >= 0.6 is 0 Å². The van der Waals surface area contributed by atoms with Gasteiger partial charge in [-0.05, 0) is 48.6 Å². The number of aryl methyl sites for hydroxylation is 1. The van der Waals surface area contributed by atoms with Gasteiger partial charge in [-0.25, -0.2) is 0 Å². The summed E-state index contributed by atoms with van der Waals surface area (Å²) in [4.78, 5) is 11.9. The summed E-state index contributed by atoms with van der Waals surface area (Å²) in [7, 11) is 0. The molecule has 0 saturated carbocycles. The SMILES string of the molecule is CC(=O)c1cc(C(C)C)c(C)cc1OCc1ccccc1. The molecule has 0 saturated heterocycles. The summed E-state index contributed by atoms with van der Waals surface area (Å²) < 4.78 is 5.88. The maximum Gasteiger partial charge on any atom is 0.163 e. The van der Waals surface area contributed by atoms with Gasteiger partial charge in [0.2, 0.25) is 0 Å². The van der Waals surface area contributed by atoms with E-state index in [9.17, 15) is 4.79 Å². The molecule has 21 heavy (non-hydrogen) atoms. The normalized spacial score (nSPS) is 10.7. The molecule has 0 fully saturated rings. The Morgan fingerprint density at radius 2 is 1.81 bits per heavy atom. The standard InChI is InChI=1S/C19H22O2/c1-13(2)17-11-18(15(4)20)19(10-14(17)3)21-12-16-8-6-5-7-9-16/h5-11,13H,12H2,1-4H3. The van der Waals surface area contributed by atoms with Crippen LogP contribution in [-0.4, -0.2) is 5.78 Å². The Balaban J connectivity index is 2.30. The Labute approximate surface area is 126 Å². The van der Waals surface area contributed by atoms with Crippen LogP contribution in [0.3, 0.4) is 0 Å². The molecule has 2 aromatic carbocycles. The van der Waals surface area contributed by atoms with E-state index in [0.717, 1.165) is 11.1 Å². The number of ketones is 1. The van der Waals surface area contributed by atoms with Crippen LogP contribution < -0.4 is 4.74 Å². The first-order valence-electron chi connectivity index (χ1n) is 7.31. The minimum atomic E-state index is 0.0416. The second-order valence-electron chi connectivity index (χ2n) is 5.69. The molecule has 0 aliphatic rings. The van der Waals surface area contributed by atoms with Gasteiger partial charge >= 0.3 is 0 Å². The number of benzene rings is 2. The molecule has 0 aliphatic carbocycles. The van der Waals surface area contributed by atoms with Gasteiger partial charge < -0.3 is 4.74 Å². The maximum atomic E-state index is 11.9. The lowest BCUT2D eigenvalue weighted by Gasteiger charge is -2.16. The van der Waals surface area contributed by atoms with Crippen molar-refractivity contribution in [3.8, 4) is 5.75 Å². The van der Waals surface area contributed by atoms with E-state index in [0.29, 0.717) is 23.8 Å². The first-order valence-corrected chi connectivity index (χ1v) is 7.31. The third kappa shape index (κ3) is 3.72. The van der Waals surface area contributed by atoms with Crippen molar-refractivity contribution in [2.45, 2.75) is 40.2 Å². The summed E-state index contributed by atoms with van der Waals surface area (Å²) in [5, 5.41) is 0. The van der Waals surface area contributed by atoms with Gasteiger partial charge in [0, 0.05) is 0 Å². The second-order valence-corrected chi connectivity index (χ2v) is 5.69. The van der Waals surface area contributed by atoms with Gasteiger partial charge in [0.25, 0.3) is 0 Å². The molecule has 0 N–H and O–H groups in total. The molecular weight excluding hydrogens is 260 g/mol. The molecule has 0 amide bonds. The number of Topliss-reactive ketones (excluding diaryl/α,β-unsaturated/α-hetero) is 1. The van der Waals surface area contributed by atoms with E-state index in [-0.39, 0.29) is 5.78 Å². The van der Waals surface area contributed by atoms with Crippen molar-refractivity contribution in [2.24, 2.45) is 0 Å². The van der Waals surface area contributed by atoms with Gasteiger partial charge in [-0.1, -0.05) is 44.2 Å². The van der Waals surface area contributed by atoms with Crippen molar-refractivity contribution in [1.29, 1.82) is 0 Å². The molecule has 2 rings (SSSR count). The Kier molecular flexibility index (Phi) is 4.79. The summed E-state index contributed by atoms with van der Waals surface area (Å²) in [6, 6.07) is 13.9. The number of ether oxygens (including phenoxy) is 1. The van der Waals surface area contributed by atoms with Crippen LogP contribution in [0.15, 0.2) is 42.5 Å². The van der Waals surface area contributed by atoms with Gasteiger partial charge in [-0.2, -0.15) is 0 Å². The van der Waals surface area contributed by atoms with Gasteiger partial charge in [0.1, 0.15) is 12.4 Å². The van der Waals surface area contributed by atoms with E-state index < -0.39 is 0 Å². The van der Waals surface area contributed by atoms with E-state index in [1.165, 1.54) is 5.56 Å². The topological polar surface area (TPSA) is 26.3 Å². The highest BCUT2D eigenvalue weighted by Gasteiger charge is 2.14. The molecule has 0 atom stereocenters. The van der Waals surface area contributed by atoms with Crippen LogP contribution in [0.1, 0.15) is 53.7 Å². The Morgan fingerprint density at radius 1 is 1.14 bits per heavy atom. The van der Waals surface area contributed by atoms with Crippen LogP contribution in [0.5, 0.6) is 5.75 Å². The third-order valence-electron chi connectivity index (χ3n) is 3.61. The number of carbonyl (C=O) groups is 1. The molecule has 2 nitrogen and oxygen atoms in total. The summed E-state index contributed by atoms with van der Waals surface area (Å²) >= 11 is 0.